The number of nitrogens with one attached hydrogen (secondary N) is 2. The van der Waals surface area contributed by atoms with Gasteiger partial charge in [0.1, 0.15) is 17.2 Å². The van der Waals surface area contributed by atoms with E-state index < -0.39 is 0 Å². The third-order valence-corrected chi connectivity index (χ3v) is 6.50. The summed E-state index contributed by atoms with van der Waals surface area (Å²) < 4.78 is 8.95. The summed E-state index contributed by atoms with van der Waals surface area (Å²) in [5.74, 6) is 2.22. The molecule has 2 aromatic carbocycles. The van der Waals surface area contributed by atoms with Gasteiger partial charge < -0.3 is 9.73 Å². The predicted octanol–water partition coefficient (Wildman–Crippen LogP) is 5.26. The van der Waals surface area contributed by atoms with Crippen molar-refractivity contribution in [3.8, 4) is 22.7 Å². The molecule has 0 aliphatic carbocycles. The Bertz CT molecular complexity index is 1620. The van der Waals surface area contributed by atoms with E-state index in [1.807, 2.05) is 47.0 Å². The summed E-state index contributed by atoms with van der Waals surface area (Å²) in [4.78, 5) is 4.61. The second kappa shape index (κ2) is 8.38. The maximum atomic E-state index is 6.25. The summed E-state index contributed by atoms with van der Waals surface area (Å²) in [6, 6.07) is 18.0. The van der Waals surface area contributed by atoms with Gasteiger partial charge in [-0.1, -0.05) is 37.3 Å². The van der Waals surface area contributed by atoms with Crippen molar-refractivity contribution >= 4 is 38.4 Å². The molecular formula is C24H19BrN8O. The molecule has 0 spiro atoms. The molecule has 0 radical (unpaired) electrons. The molecule has 6 rings (SSSR count). The Labute approximate surface area is 202 Å². The van der Waals surface area contributed by atoms with Gasteiger partial charge in [-0.15, -0.1) is 5.10 Å². The monoisotopic (exact) mass is 514 g/mol. The van der Waals surface area contributed by atoms with Crippen LogP contribution < -0.4 is 5.32 Å². The van der Waals surface area contributed by atoms with Crippen LogP contribution in [0, 0.1) is 0 Å². The highest BCUT2D eigenvalue weighted by Crippen LogP contribution is 2.41. The molecule has 0 bridgehead atoms. The van der Waals surface area contributed by atoms with Crippen molar-refractivity contribution < 1.29 is 4.42 Å². The molecule has 0 amide bonds. The number of aromatic amines is 1. The molecule has 34 heavy (non-hydrogen) atoms. The number of fused-ring (bicyclic) bond motifs is 2. The second-order valence-electron chi connectivity index (χ2n) is 7.81. The Morgan fingerprint density at radius 3 is 2.79 bits per heavy atom. The Hall–Kier alpha value is -4.05. The molecule has 6 aromatic rings. The zero-order valence-electron chi connectivity index (χ0n) is 18.2. The fraction of sp³-hybridized carbons (Fsp3) is 0.125. The quantitative estimate of drug-likeness (QED) is 0.311. The van der Waals surface area contributed by atoms with E-state index in [1.54, 1.807) is 6.20 Å². The van der Waals surface area contributed by atoms with Crippen molar-refractivity contribution in [2.75, 3.05) is 5.32 Å². The smallest absolute Gasteiger partial charge is 0.180 e. The van der Waals surface area contributed by atoms with Gasteiger partial charge in [0.25, 0.3) is 0 Å². The Morgan fingerprint density at radius 2 is 1.97 bits per heavy atom. The molecule has 9 nitrogen and oxygen atoms in total. The van der Waals surface area contributed by atoms with Crippen LogP contribution in [0.15, 0.2) is 69.7 Å². The highest BCUT2D eigenvalue weighted by molar-refractivity contribution is 9.10. The maximum Gasteiger partial charge on any atom is 0.180 e. The minimum Gasteiger partial charge on any atom is -0.455 e. The van der Waals surface area contributed by atoms with Gasteiger partial charge in [0.2, 0.25) is 0 Å². The van der Waals surface area contributed by atoms with E-state index in [-0.39, 0.29) is 0 Å². The SMILES string of the molecule is CCc1cc(NCc2ccc3oc(-c4ccccc4-c4nnn[nH]4)c(Br)c3c2)n2nccc2n1. The topological polar surface area (TPSA) is 110 Å². The van der Waals surface area contributed by atoms with Crippen LogP contribution in [0.3, 0.4) is 0 Å². The molecule has 4 aromatic heterocycles. The van der Waals surface area contributed by atoms with Gasteiger partial charge >= 0.3 is 0 Å². The number of aryl methyl sites for hydroxylation is 1. The normalized spacial score (nSPS) is 11.5. The van der Waals surface area contributed by atoms with E-state index in [4.69, 9.17) is 4.42 Å². The Balaban J connectivity index is 1.34. The third kappa shape index (κ3) is 3.52. The molecule has 0 saturated heterocycles. The number of halogens is 1. The number of H-pyrrole nitrogens is 1. The first kappa shape index (κ1) is 20.5. The standard InChI is InChI=1S/C24H19BrN8O/c1-2-15-12-21(33-20(28-15)9-10-27-33)26-13-14-7-8-19-18(11-14)22(25)23(34-19)16-5-3-4-6-17(16)24-29-31-32-30-24/h3-12,26H,2,13H2,1H3,(H,29,30,31,32). The van der Waals surface area contributed by atoms with Crippen LogP contribution in [0.2, 0.25) is 0 Å². The number of rotatable bonds is 6. The number of anilines is 1. The summed E-state index contributed by atoms with van der Waals surface area (Å²) in [5, 5.41) is 23.2. The fourth-order valence-electron chi connectivity index (χ4n) is 4.02. The van der Waals surface area contributed by atoms with Crippen molar-refractivity contribution in [3.05, 3.63) is 76.5 Å². The van der Waals surface area contributed by atoms with Crippen LogP contribution in [-0.4, -0.2) is 35.2 Å². The summed E-state index contributed by atoms with van der Waals surface area (Å²) >= 11 is 3.76. The van der Waals surface area contributed by atoms with Crippen LogP contribution in [0.25, 0.3) is 39.3 Å². The predicted molar refractivity (Wildman–Crippen MR) is 132 cm³/mol. The number of furan rings is 1. The number of aromatic nitrogens is 7. The number of nitrogens with zero attached hydrogens (tertiary/aromatic N) is 6. The van der Waals surface area contributed by atoms with E-state index in [2.05, 4.69) is 71.0 Å². The lowest BCUT2D eigenvalue weighted by atomic mass is 10.0. The minimum atomic E-state index is 0.585. The average Bonchev–Trinajstić information content (AvgIpc) is 3.63. The van der Waals surface area contributed by atoms with Gasteiger partial charge in [-0.05, 0) is 50.5 Å². The third-order valence-electron chi connectivity index (χ3n) is 5.71. The fourth-order valence-corrected chi connectivity index (χ4v) is 4.63. The van der Waals surface area contributed by atoms with Crippen molar-refractivity contribution in [3.63, 3.8) is 0 Å². The summed E-state index contributed by atoms with van der Waals surface area (Å²) in [6.07, 6.45) is 2.62. The second-order valence-corrected chi connectivity index (χ2v) is 8.61. The lowest BCUT2D eigenvalue weighted by molar-refractivity contribution is 0.630. The van der Waals surface area contributed by atoms with Gasteiger partial charge in [0.15, 0.2) is 11.5 Å². The number of hydrogen-bond donors (Lipinski definition) is 2. The van der Waals surface area contributed by atoms with Crippen molar-refractivity contribution in [1.29, 1.82) is 0 Å². The maximum absolute atomic E-state index is 6.25. The van der Waals surface area contributed by atoms with Crippen LogP contribution in [0.4, 0.5) is 5.82 Å². The van der Waals surface area contributed by atoms with E-state index >= 15 is 0 Å². The first-order valence-electron chi connectivity index (χ1n) is 10.8. The van der Waals surface area contributed by atoms with Gasteiger partial charge in [-0.2, -0.15) is 9.61 Å². The van der Waals surface area contributed by atoms with Crippen LogP contribution in [0.5, 0.6) is 0 Å². The lowest BCUT2D eigenvalue weighted by Gasteiger charge is -2.10. The summed E-state index contributed by atoms with van der Waals surface area (Å²) in [5.41, 5.74) is 5.52. The first-order valence-corrected chi connectivity index (χ1v) is 11.6. The van der Waals surface area contributed by atoms with Crippen LogP contribution >= 0.6 is 15.9 Å². The van der Waals surface area contributed by atoms with Gasteiger partial charge in [-0.25, -0.2) is 10.1 Å². The van der Waals surface area contributed by atoms with Crippen molar-refractivity contribution in [1.82, 2.24) is 35.2 Å². The molecule has 0 aliphatic rings. The largest absolute Gasteiger partial charge is 0.455 e. The zero-order valence-corrected chi connectivity index (χ0v) is 19.7. The van der Waals surface area contributed by atoms with E-state index in [0.29, 0.717) is 12.4 Å². The molecule has 0 atom stereocenters. The van der Waals surface area contributed by atoms with E-state index in [1.165, 1.54) is 0 Å². The molecule has 4 heterocycles. The molecular weight excluding hydrogens is 496 g/mol. The zero-order chi connectivity index (χ0) is 23.1. The summed E-state index contributed by atoms with van der Waals surface area (Å²) in [6.45, 7) is 2.73. The Kier molecular flexibility index (Phi) is 5.06. The highest BCUT2D eigenvalue weighted by atomic mass is 79.9. The van der Waals surface area contributed by atoms with Crippen molar-refractivity contribution in [2.45, 2.75) is 19.9 Å². The van der Waals surface area contributed by atoms with E-state index in [9.17, 15) is 0 Å². The molecule has 2 N–H and O–H groups in total. The van der Waals surface area contributed by atoms with Gasteiger partial charge in [0.05, 0.1) is 10.7 Å². The molecule has 10 heteroatoms. The lowest BCUT2D eigenvalue weighted by Crippen LogP contribution is -2.07. The first-order chi connectivity index (χ1) is 16.7. The van der Waals surface area contributed by atoms with Crippen LogP contribution in [0.1, 0.15) is 18.2 Å². The van der Waals surface area contributed by atoms with Crippen LogP contribution in [-0.2, 0) is 13.0 Å². The molecule has 0 saturated carbocycles. The number of benzene rings is 2. The number of tetrazole rings is 1. The minimum absolute atomic E-state index is 0.585. The molecule has 0 unspecified atom stereocenters. The molecule has 0 aliphatic heterocycles. The average molecular weight is 515 g/mol. The summed E-state index contributed by atoms with van der Waals surface area (Å²) in [7, 11) is 0. The highest BCUT2D eigenvalue weighted by Gasteiger charge is 2.19. The van der Waals surface area contributed by atoms with E-state index in [0.717, 1.165) is 61.5 Å². The molecule has 168 valence electrons. The van der Waals surface area contributed by atoms with Crippen molar-refractivity contribution in [2.24, 2.45) is 0 Å². The Morgan fingerprint density at radius 1 is 1.09 bits per heavy atom. The van der Waals surface area contributed by atoms with Gasteiger partial charge in [-0.3, -0.25) is 0 Å². The van der Waals surface area contributed by atoms with Gasteiger partial charge in [0, 0.05) is 40.9 Å². The number of hydrogen-bond acceptors (Lipinski definition) is 7. The molecule has 0 fully saturated rings.